The number of amides is 2. The van der Waals surface area contributed by atoms with Crippen LogP contribution in [-0.2, 0) is 4.79 Å². The standard InChI is InChI=1S/C24H24ClN3O5/c1-31-20-12-16(24(30)28-10-3-4-11-28)18(13-21(20)32-2)27-22(29)14-33-19-8-7-17(25)15-6-5-9-26-23(15)19/h5-9,12-13H,3-4,10-11,14H2,1-2H3,(H,27,29). The van der Waals surface area contributed by atoms with E-state index in [2.05, 4.69) is 10.3 Å². The molecule has 1 aliphatic rings. The Bertz CT molecular complexity index is 1190. The molecule has 2 aromatic carbocycles. The average Bonchev–Trinajstić information content (AvgIpc) is 3.38. The van der Waals surface area contributed by atoms with E-state index in [9.17, 15) is 9.59 Å². The second-order valence-electron chi connectivity index (χ2n) is 7.53. The van der Waals surface area contributed by atoms with Crippen molar-refractivity contribution < 1.29 is 23.8 Å². The fourth-order valence-electron chi connectivity index (χ4n) is 3.81. The highest BCUT2D eigenvalue weighted by molar-refractivity contribution is 6.35. The van der Waals surface area contributed by atoms with Crippen LogP contribution in [0.3, 0.4) is 0 Å². The number of hydrogen-bond acceptors (Lipinski definition) is 6. The largest absolute Gasteiger partial charge is 0.493 e. The summed E-state index contributed by atoms with van der Waals surface area (Å²) in [4.78, 5) is 31.9. The molecule has 0 unspecified atom stereocenters. The third kappa shape index (κ3) is 4.80. The van der Waals surface area contributed by atoms with Gasteiger partial charge in [0, 0.05) is 30.7 Å². The number of ether oxygens (including phenoxy) is 3. The van der Waals surface area contributed by atoms with Crippen LogP contribution in [0.1, 0.15) is 23.2 Å². The normalized spacial score (nSPS) is 13.1. The van der Waals surface area contributed by atoms with Crippen molar-refractivity contribution in [3.05, 3.63) is 53.2 Å². The predicted octanol–water partition coefficient (Wildman–Crippen LogP) is 4.16. The summed E-state index contributed by atoms with van der Waals surface area (Å²) in [6.45, 7) is 1.08. The van der Waals surface area contributed by atoms with Crippen LogP contribution < -0.4 is 19.5 Å². The molecule has 1 N–H and O–H groups in total. The Balaban J connectivity index is 1.56. The van der Waals surface area contributed by atoms with Crippen LogP contribution in [0.5, 0.6) is 17.2 Å². The Labute approximate surface area is 196 Å². The maximum atomic E-state index is 13.1. The minimum atomic E-state index is -0.434. The predicted molar refractivity (Wildman–Crippen MR) is 126 cm³/mol. The van der Waals surface area contributed by atoms with Crippen LogP contribution in [0.2, 0.25) is 5.02 Å². The number of rotatable bonds is 7. The number of fused-ring (bicyclic) bond motifs is 1. The first-order chi connectivity index (χ1) is 16.0. The van der Waals surface area contributed by atoms with E-state index in [1.807, 2.05) is 6.07 Å². The molecule has 1 aliphatic heterocycles. The van der Waals surface area contributed by atoms with E-state index in [0.29, 0.717) is 52.1 Å². The number of anilines is 1. The van der Waals surface area contributed by atoms with E-state index >= 15 is 0 Å². The van der Waals surface area contributed by atoms with Crippen molar-refractivity contribution >= 4 is 40.0 Å². The second kappa shape index (κ2) is 9.95. The maximum Gasteiger partial charge on any atom is 0.262 e. The van der Waals surface area contributed by atoms with Crippen molar-refractivity contribution in [3.8, 4) is 17.2 Å². The zero-order valence-corrected chi connectivity index (χ0v) is 19.1. The van der Waals surface area contributed by atoms with E-state index < -0.39 is 5.91 Å². The van der Waals surface area contributed by atoms with E-state index in [1.165, 1.54) is 14.2 Å². The Morgan fingerprint density at radius 1 is 1.06 bits per heavy atom. The number of nitrogens with zero attached hydrogens (tertiary/aromatic N) is 2. The van der Waals surface area contributed by atoms with Crippen molar-refractivity contribution in [1.82, 2.24) is 9.88 Å². The molecule has 0 aliphatic carbocycles. The zero-order valence-electron chi connectivity index (χ0n) is 18.4. The third-order valence-electron chi connectivity index (χ3n) is 5.46. The van der Waals surface area contributed by atoms with Gasteiger partial charge in [-0.1, -0.05) is 11.6 Å². The molecule has 8 nitrogen and oxygen atoms in total. The summed E-state index contributed by atoms with van der Waals surface area (Å²) in [6.07, 6.45) is 3.54. The number of hydrogen-bond donors (Lipinski definition) is 1. The molecule has 2 heterocycles. The molecule has 0 spiro atoms. The summed E-state index contributed by atoms with van der Waals surface area (Å²) in [5, 5.41) is 4.06. The molecule has 2 amide bonds. The van der Waals surface area contributed by atoms with Gasteiger partial charge in [0.25, 0.3) is 11.8 Å². The summed E-state index contributed by atoms with van der Waals surface area (Å²) >= 11 is 6.22. The SMILES string of the molecule is COc1cc(NC(=O)COc2ccc(Cl)c3cccnc23)c(C(=O)N2CCCC2)cc1OC. The minimum Gasteiger partial charge on any atom is -0.493 e. The van der Waals surface area contributed by atoms with Crippen LogP contribution in [0.15, 0.2) is 42.6 Å². The van der Waals surface area contributed by atoms with Gasteiger partial charge in [-0.25, -0.2) is 0 Å². The Morgan fingerprint density at radius 2 is 1.79 bits per heavy atom. The average molecular weight is 470 g/mol. The van der Waals surface area contributed by atoms with Crippen molar-refractivity contribution in [2.24, 2.45) is 0 Å². The Hall–Kier alpha value is -3.52. The second-order valence-corrected chi connectivity index (χ2v) is 7.94. The Morgan fingerprint density at radius 3 is 2.52 bits per heavy atom. The molecule has 0 radical (unpaired) electrons. The van der Waals surface area contributed by atoms with E-state index in [0.717, 1.165) is 18.2 Å². The van der Waals surface area contributed by atoms with Crippen LogP contribution in [0, 0.1) is 0 Å². The molecule has 0 saturated carbocycles. The van der Waals surface area contributed by atoms with Gasteiger partial charge in [0.15, 0.2) is 18.1 Å². The quantitative estimate of drug-likeness (QED) is 0.559. The molecular formula is C24H24ClN3O5. The number of likely N-dealkylation sites (tertiary alicyclic amines) is 1. The first-order valence-corrected chi connectivity index (χ1v) is 10.9. The fraction of sp³-hybridized carbons (Fsp3) is 0.292. The molecule has 1 saturated heterocycles. The topological polar surface area (TPSA) is 90.0 Å². The lowest BCUT2D eigenvalue weighted by atomic mass is 10.1. The Kier molecular flexibility index (Phi) is 6.84. The molecule has 172 valence electrons. The van der Waals surface area contributed by atoms with Crippen molar-refractivity contribution in [1.29, 1.82) is 0 Å². The summed E-state index contributed by atoms with van der Waals surface area (Å²) in [5.41, 5.74) is 1.23. The number of benzene rings is 2. The van der Waals surface area contributed by atoms with Crippen molar-refractivity contribution in [3.63, 3.8) is 0 Å². The first kappa shape index (κ1) is 22.7. The molecule has 9 heteroatoms. The van der Waals surface area contributed by atoms with E-state index in [4.69, 9.17) is 25.8 Å². The van der Waals surface area contributed by atoms with Gasteiger partial charge in [-0.05, 0) is 43.2 Å². The number of pyridine rings is 1. The smallest absolute Gasteiger partial charge is 0.262 e. The highest BCUT2D eigenvalue weighted by Crippen LogP contribution is 2.35. The zero-order chi connectivity index (χ0) is 23.4. The molecule has 1 aromatic heterocycles. The van der Waals surface area contributed by atoms with Crippen LogP contribution in [0.25, 0.3) is 10.9 Å². The molecule has 33 heavy (non-hydrogen) atoms. The molecule has 0 bridgehead atoms. The van der Waals surface area contributed by atoms with Crippen molar-refractivity contribution in [2.45, 2.75) is 12.8 Å². The van der Waals surface area contributed by atoms with Crippen LogP contribution >= 0.6 is 11.6 Å². The molecule has 0 atom stereocenters. The maximum absolute atomic E-state index is 13.1. The van der Waals surface area contributed by atoms with E-state index in [-0.39, 0.29) is 12.5 Å². The lowest BCUT2D eigenvalue weighted by Gasteiger charge is -2.20. The van der Waals surface area contributed by atoms with Crippen LogP contribution in [-0.4, -0.2) is 55.6 Å². The first-order valence-electron chi connectivity index (χ1n) is 10.5. The minimum absolute atomic E-state index is 0.169. The summed E-state index contributed by atoms with van der Waals surface area (Å²) in [7, 11) is 2.99. The highest BCUT2D eigenvalue weighted by Gasteiger charge is 2.25. The number of methoxy groups -OCH3 is 2. The van der Waals surface area contributed by atoms with Gasteiger partial charge in [-0.2, -0.15) is 0 Å². The van der Waals surface area contributed by atoms with Gasteiger partial charge in [0.1, 0.15) is 11.3 Å². The molecular weight excluding hydrogens is 446 g/mol. The number of carbonyl (C=O) groups excluding carboxylic acids is 2. The number of halogens is 1. The van der Waals surface area contributed by atoms with Gasteiger partial charge in [0.05, 0.1) is 30.5 Å². The third-order valence-corrected chi connectivity index (χ3v) is 5.79. The summed E-state index contributed by atoms with van der Waals surface area (Å²) in [5.74, 6) is 0.646. The lowest BCUT2D eigenvalue weighted by Crippen LogP contribution is -2.29. The molecule has 1 fully saturated rings. The number of carbonyl (C=O) groups is 2. The lowest BCUT2D eigenvalue weighted by molar-refractivity contribution is -0.118. The molecule has 3 aromatic rings. The van der Waals surface area contributed by atoms with Crippen LogP contribution in [0.4, 0.5) is 5.69 Å². The van der Waals surface area contributed by atoms with Gasteiger partial charge >= 0.3 is 0 Å². The van der Waals surface area contributed by atoms with Gasteiger partial charge in [0.2, 0.25) is 0 Å². The summed E-state index contributed by atoms with van der Waals surface area (Å²) < 4.78 is 16.4. The monoisotopic (exact) mass is 469 g/mol. The molecule has 4 rings (SSSR count). The van der Waals surface area contributed by atoms with Gasteiger partial charge < -0.3 is 24.4 Å². The van der Waals surface area contributed by atoms with Gasteiger partial charge in [-0.15, -0.1) is 0 Å². The number of aromatic nitrogens is 1. The number of nitrogens with one attached hydrogen (secondary N) is 1. The fourth-order valence-corrected chi connectivity index (χ4v) is 4.02. The summed E-state index contributed by atoms with van der Waals surface area (Å²) in [6, 6.07) is 10.1. The highest BCUT2D eigenvalue weighted by atomic mass is 35.5. The van der Waals surface area contributed by atoms with Crippen molar-refractivity contribution in [2.75, 3.05) is 39.2 Å². The van der Waals surface area contributed by atoms with E-state index in [1.54, 1.807) is 41.4 Å². The van der Waals surface area contributed by atoms with Gasteiger partial charge in [-0.3, -0.25) is 14.6 Å².